The summed E-state index contributed by atoms with van der Waals surface area (Å²) < 4.78 is 22.8. The number of rotatable bonds is 2. The number of halogens is 1. The quantitative estimate of drug-likeness (QED) is 0.817. The van der Waals surface area contributed by atoms with Crippen LogP contribution in [0.25, 0.3) is 0 Å². The molecule has 2 aliphatic rings. The van der Waals surface area contributed by atoms with Crippen LogP contribution < -0.4 is 5.32 Å². The van der Waals surface area contributed by atoms with Gasteiger partial charge in [-0.2, -0.15) is 0 Å². The van der Waals surface area contributed by atoms with Gasteiger partial charge in [-0.1, -0.05) is 11.6 Å². The molecule has 0 bridgehead atoms. The maximum Gasteiger partial charge on any atom is 0.236 e. The first-order valence-electron chi connectivity index (χ1n) is 6.74. The van der Waals surface area contributed by atoms with Crippen LogP contribution >= 0.6 is 11.6 Å². The van der Waals surface area contributed by atoms with Crippen LogP contribution in [0.15, 0.2) is 23.2 Å². The Hall–Kier alpha value is -1.73. The van der Waals surface area contributed by atoms with E-state index in [-0.39, 0.29) is 17.3 Å². The molecule has 3 rings (SSSR count). The van der Waals surface area contributed by atoms with Gasteiger partial charge in [-0.25, -0.2) is 8.42 Å². The highest BCUT2D eigenvalue weighted by molar-refractivity contribution is 7.91. The molecular weight excluding hydrogens is 328 g/mol. The largest absolute Gasteiger partial charge is 0.351 e. The molecule has 1 N–H and O–H groups in total. The molecule has 1 saturated heterocycles. The zero-order valence-electron chi connectivity index (χ0n) is 11.5. The molecule has 2 unspecified atom stereocenters. The first-order valence-corrected chi connectivity index (χ1v) is 8.94. The molecule has 0 saturated carbocycles. The average Bonchev–Trinajstić information content (AvgIpc) is 2.79. The number of carbonyl (C=O) groups excluding carboxylic acids is 2. The highest BCUT2D eigenvalue weighted by Gasteiger charge is 2.35. The summed E-state index contributed by atoms with van der Waals surface area (Å²) in [5.41, 5.74) is 0.774. The number of amides is 1. The minimum Gasteiger partial charge on any atom is -0.351 e. The van der Waals surface area contributed by atoms with Crippen molar-refractivity contribution in [1.29, 1.82) is 0 Å². The van der Waals surface area contributed by atoms with Gasteiger partial charge in [-0.3, -0.25) is 14.6 Å². The Morgan fingerprint density at radius 2 is 2.14 bits per heavy atom. The molecule has 116 valence electrons. The van der Waals surface area contributed by atoms with Gasteiger partial charge < -0.3 is 5.32 Å². The Balaban J connectivity index is 1.76. The summed E-state index contributed by atoms with van der Waals surface area (Å²) in [4.78, 5) is 28.7. The third-order valence-electron chi connectivity index (χ3n) is 3.73. The monoisotopic (exact) mass is 340 g/mol. The van der Waals surface area contributed by atoms with Crippen LogP contribution in [0.5, 0.6) is 0 Å². The second-order valence-corrected chi connectivity index (χ2v) is 8.06. The number of hydrogen-bond acceptors (Lipinski definition) is 5. The van der Waals surface area contributed by atoms with Crippen molar-refractivity contribution in [2.45, 2.75) is 12.5 Å². The van der Waals surface area contributed by atoms with Gasteiger partial charge in [-0.05, 0) is 24.6 Å². The van der Waals surface area contributed by atoms with Crippen LogP contribution in [0.3, 0.4) is 0 Å². The second kappa shape index (κ2) is 5.48. The van der Waals surface area contributed by atoms with Gasteiger partial charge in [0, 0.05) is 22.8 Å². The van der Waals surface area contributed by atoms with E-state index in [4.69, 9.17) is 11.6 Å². The van der Waals surface area contributed by atoms with Crippen molar-refractivity contribution in [2.75, 3.05) is 11.5 Å². The maximum absolute atomic E-state index is 12.4. The number of Topliss-reactive ketones (excluding diaryl/α,β-unsaturated/α-hetero) is 1. The molecule has 2 atom stereocenters. The normalized spacial score (nSPS) is 25.8. The van der Waals surface area contributed by atoms with Gasteiger partial charge in [-0.15, -0.1) is 0 Å². The first kappa shape index (κ1) is 15.2. The lowest BCUT2D eigenvalue weighted by Crippen LogP contribution is -2.43. The van der Waals surface area contributed by atoms with Gasteiger partial charge in [0.1, 0.15) is 5.92 Å². The maximum atomic E-state index is 12.4. The number of aliphatic imine (C=N–C) groups is 1. The summed E-state index contributed by atoms with van der Waals surface area (Å²) in [6.07, 6.45) is 1.66. The van der Waals surface area contributed by atoms with Gasteiger partial charge in [0.2, 0.25) is 5.91 Å². The van der Waals surface area contributed by atoms with E-state index in [0.717, 1.165) is 0 Å². The van der Waals surface area contributed by atoms with Crippen molar-refractivity contribution in [3.8, 4) is 0 Å². The third-order valence-corrected chi connectivity index (χ3v) is 5.73. The fourth-order valence-corrected chi connectivity index (χ4v) is 4.44. The lowest BCUT2D eigenvalue weighted by molar-refractivity contribution is -0.122. The van der Waals surface area contributed by atoms with Crippen molar-refractivity contribution in [2.24, 2.45) is 10.9 Å². The summed E-state index contributed by atoms with van der Waals surface area (Å²) in [6, 6.07) is 4.27. The molecule has 0 spiro atoms. The summed E-state index contributed by atoms with van der Waals surface area (Å²) >= 11 is 5.87. The number of nitrogens with one attached hydrogen (secondary N) is 1. The Kier molecular flexibility index (Phi) is 3.78. The molecule has 6 nitrogen and oxygen atoms in total. The van der Waals surface area contributed by atoms with E-state index >= 15 is 0 Å². The van der Waals surface area contributed by atoms with Crippen LogP contribution in [-0.4, -0.2) is 43.9 Å². The van der Waals surface area contributed by atoms with Crippen LogP contribution in [0.2, 0.25) is 5.02 Å². The second-order valence-electron chi connectivity index (χ2n) is 5.39. The Morgan fingerprint density at radius 3 is 2.82 bits per heavy atom. The molecule has 1 amide bonds. The topological polar surface area (TPSA) is 92.7 Å². The summed E-state index contributed by atoms with van der Waals surface area (Å²) in [5, 5.41) is 3.01. The Bertz CT molecular complexity index is 788. The van der Waals surface area contributed by atoms with Gasteiger partial charge in [0.15, 0.2) is 15.6 Å². The van der Waals surface area contributed by atoms with Crippen molar-refractivity contribution < 1.29 is 18.0 Å². The van der Waals surface area contributed by atoms with Crippen molar-refractivity contribution >= 4 is 45.0 Å². The summed E-state index contributed by atoms with van der Waals surface area (Å²) in [5.74, 6) is -1.98. The van der Waals surface area contributed by atoms with E-state index in [2.05, 4.69) is 10.3 Å². The van der Waals surface area contributed by atoms with E-state index < -0.39 is 27.7 Å². The van der Waals surface area contributed by atoms with Crippen molar-refractivity contribution in [1.82, 2.24) is 5.32 Å². The molecule has 0 aliphatic carbocycles. The van der Waals surface area contributed by atoms with Crippen LogP contribution in [0.1, 0.15) is 16.8 Å². The smallest absolute Gasteiger partial charge is 0.236 e. The van der Waals surface area contributed by atoms with Crippen LogP contribution in [0, 0.1) is 5.92 Å². The number of fused-ring (bicyclic) bond motifs is 1. The van der Waals surface area contributed by atoms with Crippen LogP contribution in [0.4, 0.5) is 5.69 Å². The van der Waals surface area contributed by atoms with Gasteiger partial charge in [0.25, 0.3) is 0 Å². The number of benzene rings is 1. The zero-order chi connectivity index (χ0) is 15.9. The number of hydrogen-bond donors (Lipinski definition) is 1. The van der Waals surface area contributed by atoms with E-state index in [9.17, 15) is 18.0 Å². The molecular formula is C14H13ClN2O4S. The van der Waals surface area contributed by atoms with E-state index in [0.29, 0.717) is 22.7 Å². The first-order chi connectivity index (χ1) is 10.4. The molecule has 0 aromatic heterocycles. The van der Waals surface area contributed by atoms with E-state index in [1.54, 1.807) is 12.1 Å². The lowest BCUT2D eigenvalue weighted by atomic mass is 9.93. The number of nitrogens with zero attached hydrogens (tertiary/aromatic N) is 1. The average molecular weight is 341 g/mol. The van der Waals surface area contributed by atoms with Crippen LogP contribution in [-0.2, 0) is 14.6 Å². The predicted molar refractivity (Wildman–Crippen MR) is 82.6 cm³/mol. The molecule has 22 heavy (non-hydrogen) atoms. The van der Waals surface area contributed by atoms with Crippen molar-refractivity contribution in [3.05, 3.63) is 28.8 Å². The molecule has 1 aromatic rings. The van der Waals surface area contributed by atoms with Crippen molar-refractivity contribution in [3.63, 3.8) is 0 Å². The number of ketones is 1. The Morgan fingerprint density at radius 1 is 1.36 bits per heavy atom. The third kappa shape index (κ3) is 2.91. The van der Waals surface area contributed by atoms with E-state index in [1.165, 1.54) is 12.3 Å². The molecule has 8 heteroatoms. The SMILES string of the molecule is O=C(NC1CCS(=O)(=O)C1)C1C=Nc2ccc(Cl)cc2C1=O. The predicted octanol–water partition coefficient (Wildman–Crippen LogP) is 1.16. The molecule has 2 heterocycles. The summed E-state index contributed by atoms with van der Waals surface area (Å²) in [6.45, 7) is 0. The lowest BCUT2D eigenvalue weighted by Gasteiger charge is -2.19. The highest BCUT2D eigenvalue weighted by atomic mass is 35.5. The Labute approximate surface area is 132 Å². The fraction of sp³-hybridized carbons (Fsp3) is 0.357. The number of carbonyl (C=O) groups is 2. The minimum atomic E-state index is -3.09. The minimum absolute atomic E-state index is 0.0586. The van der Waals surface area contributed by atoms with E-state index in [1.807, 2.05) is 0 Å². The standard InChI is InChI=1S/C14H13ClN2O4S/c15-8-1-2-12-10(5-8)13(18)11(6-16-12)14(19)17-9-3-4-22(20,21)7-9/h1-2,5-6,9,11H,3-4,7H2,(H,17,19). The molecule has 0 radical (unpaired) electrons. The van der Waals surface area contributed by atoms with Gasteiger partial charge in [0.05, 0.1) is 17.2 Å². The number of sulfone groups is 1. The highest BCUT2D eigenvalue weighted by Crippen LogP contribution is 2.29. The summed E-state index contributed by atoms with van der Waals surface area (Å²) in [7, 11) is -3.09. The fourth-order valence-electron chi connectivity index (χ4n) is 2.59. The molecule has 1 aromatic carbocycles. The molecule has 2 aliphatic heterocycles. The van der Waals surface area contributed by atoms with Gasteiger partial charge >= 0.3 is 0 Å². The molecule has 1 fully saturated rings. The zero-order valence-corrected chi connectivity index (χ0v) is 13.0.